The van der Waals surface area contributed by atoms with E-state index in [9.17, 15) is 18.8 Å². The number of aromatic nitrogens is 2. The topological polar surface area (TPSA) is 107 Å². The van der Waals surface area contributed by atoms with Gasteiger partial charge in [-0.25, -0.2) is 14.2 Å². The number of hydrogen-bond donors (Lipinski definition) is 3. The molecule has 0 spiro atoms. The van der Waals surface area contributed by atoms with E-state index in [0.29, 0.717) is 23.3 Å². The van der Waals surface area contributed by atoms with Crippen LogP contribution in [0.2, 0.25) is 0 Å². The summed E-state index contributed by atoms with van der Waals surface area (Å²) in [6.45, 7) is 2.30. The molecule has 2 aromatic carbocycles. The number of halogens is 1. The SMILES string of the molecule is CCN(Cc1nc2ccccc2c(=O)[nH]1)C(=O)CNC(=O)NCc1ccc(F)cc1. The lowest BCUT2D eigenvalue weighted by Crippen LogP contribution is -2.43. The summed E-state index contributed by atoms with van der Waals surface area (Å²) in [5, 5.41) is 5.58. The number of fused-ring (bicyclic) bond motifs is 1. The van der Waals surface area contributed by atoms with Crippen molar-refractivity contribution in [1.82, 2.24) is 25.5 Å². The first kappa shape index (κ1) is 21.0. The van der Waals surface area contributed by atoms with Crippen molar-refractivity contribution in [3.8, 4) is 0 Å². The first-order chi connectivity index (χ1) is 14.5. The summed E-state index contributed by atoms with van der Waals surface area (Å²) in [5.41, 5.74) is 1.02. The summed E-state index contributed by atoms with van der Waals surface area (Å²) >= 11 is 0. The summed E-state index contributed by atoms with van der Waals surface area (Å²) in [4.78, 5) is 45.1. The number of nitrogens with one attached hydrogen (secondary N) is 3. The number of amides is 3. The van der Waals surface area contributed by atoms with E-state index in [4.69, 9.17) is 0 Å². The molecule has 0 aliphatic rings. The summed E-state index contributed by atoms with van der Waals surface area (Å²) in [7, 11) is 0. The quantitative estimate of drug-likeness (QED) is 0.552. The van der Waals surface area contributed by atoms with Gasteiger partial charge >= 0.3 is 6.03 Å². The number of likely N-dealkylation sites (N-methyl/N-ethyl adjacent to an activating group) is 1. The second kappa shape index (κ2) is 9.64. The molecule has 3 N–H and O–H groups in total. The van der Waals surface area contributed by atoms with Crippen LogP contribution in [0.5, 0.6) is 0 Å². The van der Waals surface area contributed by atoms with E-state index < -0.39 is 6.03 Å². The van der Waals surface area contributed by atoms with Crippen LogP contribution in [-0.2, 0) is 17.9 Å². The number of aromatic amines is 1. The van der Waals surface area contributed by atoms with Crippen molar-refractivity contribution in [3.63, 3.8) is 0 Å². The minimum Gasteiger partial charge on any atom is -0.334 e. The fraction of sp³-hybridized carbons (Fsp3) is 0.238. The second-order valence-corrected chi connectivity index (χ2v) is 6.60. The molecule has 1 aromatic heterocycles. The zero-order chi connectivity index (χ0) is 21.5. The molecule has 0 aliphatic carbocycles. The number of para-hydroxylation sites is 1. The highest BCUT2D eigenvalue weighted by atomic mass is 19.1. The number of rotatable bonds is 7. The Morgan fingerprint density at radius 2 is 1.83 bits per heavy atom. The van der Waals surface area contributed by atoms with Crippen LogP contribution in [0.1, 0.15) is 18.3 Å². The van der Waals surface area contributed by atoms with Gasteiger partial charge in [-0.05, 0) is 36.8 Å². The molecule has 30 heavy (non-hydrogen) atoms. The Morgan fingerprint density at radius 1 is 1.10 bits per heavy atom. The summed E-state index contributed by atoms with van der Waals surface area (Å²) in [6.07, 6.45) is 0. The average Bonchev–Trinajstić information content (AvgIpc) is 2.75. The molecule has 3 aromatic rings. The third kappa shape index (κ3) is 5.40. The molecule has 1 heterocycles. The maximum Gasteiger partial charge on any atom is 0.315 e. The number of H-pyrrole nitrogens is 1. The smallest absolute Gasteiger partial charge is 0.315 e. The van der Waals surface area contributed by atoms with E-state index in [2.05, 4.69) is 20.6 Å². The van der Waals surface area contributed by atoms with Gasteiger partial charge in [-0.3, -0.25) is 9.59 Å². The van der Waals surface area contributed by atoms with Crippen LogP contribution in [0, 0.1) is 5.82 Å². The van der Waals surface area contributed by atoms with E-state index >= 15 is 0 Å². The Labute approximate surface area is 172 Å². The number of urea groups is 1. The summed E-state index contributed by atoms with van der Waals surface area (Å²) in [6, 6.07) is 12.2. The highest BCUT2D eigenvalue weighted by Gasteiger charge is 2.15. The third-order valence-corrected chi connectivity index (χ3v) is 4.50. The Kier molecular flexibility index (Phi) is 6.74. The van der Waals surface area contributed by atoms with Crippen molar-refractivity contribution in [1.29, 1.82) is 0 Å². The van der Waals surface area contributed by atoms with Crippen molar-refractivity contribution in [2.45, 2.75) is 20.0 Å². The van der Waals surface area contributed by atoms with Crippen molar-refractivity contribution in [2.75, 3.05) is 13.1 Å². The molecule has 0 atom stereocenters. The van der Waals surface area contributed by atoms with Crippen LogP contribution < -0.4 is 16.2 Å². The number of carbonyl (C=O) groups is 2. The molecule has 0 radical (unpaired) electrons. The molecule has 0 saturated carbocycles. The van der Waals surface area contributed by atoms with Crippen LogP contribution in [0.3, 0.4) is 0 Å². The molecule has 0 unspecified atom stereocenters. The van der Waals surface area contributed by atoms with Gasteiger partial charge in [-0.15, -0.1) is 0 Å². The zero-order valence-corrected chi connectivity index (χ0v) is 16.4. The highest BCUT2D eigenvalue weighted by Crippen LogP contribution is 2.07. The molecule has 3 rings (SSSR count). The van der Waals surface area contributed by atoms with Crippen molar-refractivity contribution < 1.29 is 14.0 Å². The van der Waals surface area contributed by atoms with Gasteiger partial charge < -0.3 is 20.5 Å². The van der Waals surface area contributed by atoms with E-state index in [1.807, 2.05) is 0 Å². The summed E-state index contributed by atoms with van der Waals surface area (Å²) < 4.78 is 12.9. The maximum absolute atomic E-state index is 12.9. The molecular formula is C21H22FN5O3. The predicted molar refractivity (Wildman–Crippen MR) is 110 cm³/mol. The number of hydrogen-bond acceptors (Lipinski definition) is 4. The molecule has 9 heteroatoms. The predicted octanol–water partition coefficient (Wildman–Crippen LogP) is 1.91. The molecule has 0 bridgehead atoms. The Bertz CT molecular complexity index is 1100. The highest BCUT2D eigenvalue weighted by molar-refractivity contribution is 5.84. The molecule has 0 aliphatic heterocycles. The normalized spacial score (nSPS) is 10.6. The van der Waals surface area contributed by atoms with Gasteiger partial charge in [0.05, 0.1) is 24.0 Å². The Balaban J connectivity index is 1.54. The number of carbonyl (C=O) groups excluding carboxylic acids is 2. The van der Waals surface area contributed by atoms with Gasteiger partial charge in [0.15, 0.2) is 0 Å². The molecule has 3 amide bonds. The van der Waals surface area contributed by atoms with E-state index in [0.717, 1.165) is 5.56 Å². The van der Waals surface area contributed by atoms with Gasteiger partial charge in [0.25, 0.3) is 5.56 Å². The van der Waals surface area contributed by atoms with Crippen LogP contribution in [0.15, 0.2) is 53.3 Å². The number of benzene rings is 2. The van der Waals surface area contributed by atoms with Crippen LogP contribution in [0.25, 0.3) is 10.9 Å². The lowest BCUT2D eigenvalue weighted by Gasteiger charge is -2.20. The van der Waals surface area contributed by atoms with Gasteiger partial charge in [-0.2, -0.15) is 0 Å². The van der Waals surface area contributed by atoms with Crippen molar-refractivity contribution in [3.05, 3.63) is 76.1 Å². The number of nitrogens with zero attached hydrogens (tertiary/aromatic N) is 2. The van der Waals surface area contributed by atoms with E-state index in [1.165, 1.54) is 17.0 Å². The first-order valence-corrected chi connectivity index (χ1v) is 9.48. The fourth-order valence-electron chi connectivity index (χ4n) is 2.88. The minimum atomic E-state index is -0.513. The van der Waals surface area contributed by atoms with E-state index in [-0.39, 0.29) is 36.9 Å². The van der Waals surface area contributed by atoms with Gasteiger partial charge in [0, 0.05) is 13.1 Å². The molecule has 0 fully saturated rings. The van der Waals surface area contributed by atoms with Crippen LogP contribution in [-0.4, -0.2) is 39.9 Å². The second-order valence-electron chi connectivity index (χ2n) is 6.60. The Morgan fingerprint density at radius 3 is 2.57 bits per heavy atom. The largest absolute Gasteiger partial charge is 0.334 e. The Hall–Kier alpha value is -3.75. The average molecular weight is 411 g/mol. The standard InChI is InChI=1S/C21H22FN5O3/c1-2-27(13-18-25-17-6-4-3-5-16(17)20(29)26-18)19(28)12-24-21(30)23-11-14-7-9-15(22)10-8-14/h3-10H,2,11-13H2,1H3,(H2,23,24,30)(H,25,26,29). The summed E-state index contributed by atoms with van der Waals surface area (Å²) in [5.74, 6) is -0.296. The van der Waals surface area contributed by atoms with Crippen molar-refractivity contribution in [2.24, 2.45) is 0 Å². The molecule has 8 nitrogen and oxygen atoms in total. The molecule has 0 saturated heterocycles. The van der Waals surface area contributed by atoms with Gasteiger partial charge in [0.1, 0.15) is 11.6 Å². The molecular weight excluding hydrogens is 389 g/mol. The first-order valence-electron chi connectivity index (χ1n) is 9.48. The van der Waals surface area contributed by atoms with E-state index in [1.54, 1.807) is 43.3 Å². The van der Waals surface area contributed by atoms with Crippen LogP contribution in [0.4, 0.5) is 9.18 Å². The minimum absolute atomic E-state index is 0.119. The van der Waals surface area contributed by atoms with Gasteiger partial charge in [-0.1, -0.05) is 24.3 Å². The molecule has 156 valence electrons. The lowest BCUT2D eigenvalue weighted by atomic mass is 10.2. The van der Waals surface area contributed by atoms with Crippen LogP contribution >= 0.6 is 0 Å². The zero-order valence-electron chi connectivity index (χ0n) is 16.4. The van der Waals surface area contributed by atoms with Crippen molar-refractivity contribution >= 4 is 22.8 Å². The maximum atomic E-state index is 12.9. The fourth-order valence-corrected chi connectivity index (χ4v) is 2.88. The van der Waals surface area contributed by atoms with Gasteiger partial charge in [0.2, 0.25) is 5.91 Å². The lowest BCUT2D eigenvalue weighted by molar-refractivity contribution is -0.130. The monoisotopic (exact) mass is 411 g/mol. The third-order valence-electron chi connectivity index (χ3n) is 4.50.